The minimum absolute atomic E-state index is 0.144. The molecule has 1 heterocycles. The summed E-state index contributed by atoms with van der Waals surface area (Å²) < 4.78 is 6.93. The van der Waals surface area contributed by atoms with Crippen molar-refractivity contribution in [1.29, 1.82) is 0 Å². The van der Waals surface area contributed by atoms with E-state index in [0.29, 0.717) is 51.5 Å². The lowest BCUT2D eigenvalue weighted by Gasteiger charge is -2.28. The molecule has 0 amide bonds. The van der Waals surface area contributed by atoms with Crippen LogP contribution in [0.15, 0.2) is 58.5 Å². The van der Waals surface area contributed by atoms with Crippen LogP contribution < -0.4 is 10.3 Å². The molecule has 0 saturated heterocycles. The molecule has 6 heteroatoms. The average Bonchev–Trinajstić information content (AvgIpc) is 2.79. The van der Waals surface area contributed by atoms with Gasteiger partial charge in [0.2, 0.25) is 0 Å². The Labute approximate surface area is 186 Å². The minimum atomic E-state index is -0.144. The highest BCUT2D eigenvalue weighted by Gasteiger charge is 2.24. The Bertz CT molecular complexity index is 1140. The van der Waals surface area contributed by atoms with Crippen molar-refractivity contribution in [2.45, 2.75) is 44.2 Å². The maximum absolute atomic E-state index is 13.3. The predicted octanol–water partition coefficient (Wildman–Crippen LogP) is 5.27. The van der Waals surface area contributed by atoms with Gasteiger partial charge in [-0.05, 0) is 42.5 Å². The van der Waals surface area contributed by atoms with Crippen molar-refractivity contribution < 1.29 is 9.53 Å². The summed E-state index contributed by atoms with van der Waals surface area (Å²) >= 11 is 1.34. The molecule has 0 bridgehead atoms. The van der Waals surface area contributed by atoms with Crippen LogP contribution in [0.2, 0.25) is 0 Å². The second kappa shape index (κ2) is 9.69. The van der Waals surface area contributed by atoms with Crippen molar-refractivity contribution in [3.8, 4) is 11.4 Å². The first-order valence-corrected chi connectivity index (χ1v) is 11.9. The third kappa shape index (κ3) is 4.85. The molecule has 162 valence electrons. The highest BCUT2D eigenvalue weighted by molar-refractivity contribution is 7.99. The summed E-state index contributed by atoms with van der Waals surface area (Å²) in [6, 6.07) is 14.7. The quantitative estimate of drug-likeness (QED) is 0.373. The fraction of sp³-hybridized carbons (Fsp3) is 0.400. The van der Waals surface area contributed by atoms with Gasteiger partial charge in [0, 0.05) is 12.5 Å². The molecule has 0 spiro atoms. The van der Waals surface area contributed by atoms with E-state index in [9.17, 15) is 9.59 Å². The minimum Gasteiger partial charge on any atom is -0.497 e. The highest BCUT2D eigenvalue weighted by atomic mass is 32.2. The van der Waals surface area contributed by atoms with Gasteiger partial charge in [-0.2, -0.15) is 0 Å². The van der Waals surface area contributed by atoms with Gasteiger partial charge in [-0.3, -0.25) is 14.2 Å². The van der Waals surface area contributed by atoms with E-state index < -0.39 is 0 Å². The van der Waals surface area contributed by atoms with Gasteiger partial charge in [0.25, 0.3) is 5.56 Å². The Morgan fingerprint density at radius 2 is 1.97 bits per heavy atom. The van der Waals surface area contributed by atoms with Gasteiger partial charge in [-0.1, -0.05) is 56.1 Å². The Morgan fingerprint density at radius 3 is 2.77 bits per heavy atom. The molecular formula is C25H28N2O3S. The van der Waals surface area contributed by atoms with E-state index in [1.807, 2.05) is 42.5 Å². The molecule has 31 heavy (non-hydrogen) atoms. The van der Waals surface area contributed by atoms with E-state index >= 15 is 0 Å². The first kappa shape index (κ1) is 21.6. The molecule has 1 fully saturated rings. The van der Waals surface area contributed by atoms with Gasteiger partial charge < -0.3 is 4.74 Å². The van der Waals surface area contributed by atoms with Crippen LogP contribution in [-0.2, 0) is 4.79 Å². The number of aromatic nitrogens is 2. The number of Topliss-reactive ketones (excluding diaryl/α,β-unsaturated/α-hetero) is 1. The lowest BCUT2D eigenvalue weighted by atomic mass is 9.78. The van der Waals surface area contributed by atoms with E-state index in [4.69, 9.17) is 9.72 Å². The number of carbonyl (C=O) groups excluding carboxylic acids is 1. The molecule has 5 nitrogen and oxygen atoms in total. The fourth-order valence-electron chi connectivity index (χ4n) is 4.38. The number of carbonyl (C=O) groups is 1. The molecular weight excluding hydrogens is 408 g/mol. The van der Waals surface area contributed by atoms with Crippen molar-refractivity contribution in [2.24, 2.45) is 11.8 Å². The smallest absolute Gasteiger partial charge is 0.266 e. The first-order valence-electron chi connectivity index (χ1n) is 10.9. The van der Waals surface area contributed by atoms with Crippen LogP contribution in [0.1, 0.15) is 39.0 Å². The number of thioether (sulfide) groups is 1. The monoisotopic (exact) mass is 436 g/mol. The van der Waals surface area contributed by atoms with Crippen molar-refractivity contribution >= 4 is 28.4 Å². The van der Waals surface area contributed by atoms with E-state index in [1.54, 1.807) is 17.7 Å². The van der Waals surface area contributed by atoms with E-state index in [1.165, 1.54) is 31.0 Å². The zero-order valence-electron chi connectivity index (χ0n) is 18.0. The summed E-state index contributed by atoms with van der Waals surface area (Å²) in [4.78, 5) is 30.8. The van der Waals surface area contributed by atoms with E-state index in [0.717, 1.165) is 6.42 Å². The van der Waals surface area contributed by atoms with Crippen LogP contribution in [0.25, 0.3) is 16.6 Å². The molecule has 0 N–H and O–H groups in total. The number of hydrogen-bond donors (Lipinski definition) is 0. The molecule has 1 aromatic heterocycles. The van der Waals surface area contributed by atoms with Crippen molar-refractivity contribution in [1.82, 2.24) is 9.55 Å². The zero-order valence-corrected chi connectivity index (χ0v) is 18.9. The lowest BCUT2D eigenvalue weighted by Crippen LogP contribution is -2.23. The van der Waals surface area contributed by atoms with Crippen LogP contribution in [0.3, 0.4) is 0 Å². The Morgan fingerprint density at radius 1 is 1.16 bits per heavy atom. The molecule has 2 unspecified atom stereocenters. The van der Waals surface area contributed by atoms with Gasteiger partial charge in [0.1, 0.15) is 11.5 Å². The number of ether oxygens (including phenoxy) is 1. The Kier molecular flexibility index (Phi) is 6.76. The third-order valence-electron chi connectivity index (χ3n) is 6.20. The summed E-state index contributed by atoms with van der Waals surface area (Å²) in [7, 11) is 1.60. The SMILES string of the molecule is COc1cccc(-n2c(SCC(=O)CC3CCCCC3C)nc3ccccc3c2=O)c1. The number of para-hydroxylation sites is 1. The normalized spacial score (nSPS) is 18.8. The van der Waals surface area contributed by atoms with Crippen LogP contribution >= 0.6 is 11.8 Å². The molecule has 0 aliphatic heterocycles. The number of rotatable bonds is 7. The second-order valence-electron chi connectivity index (χ2n) is 8.31. The number of methoxy groups -OCH3 is 1. The molecule has 3 aromatic rings. The van der Waals surface area contributed by atoms with Crippen LogP contribution in [0.4, 0.5) is 0 Å². The topological polar surface area (TPSA) is 61.2 Å². The average molecular weight is 437 g/mol. The Balaban J connectivity index is 1.64. The van der Waals surface area contributed by atoms with Gasteiger partial charge in [-0.15, -0.1) is 0 Å². The molecule has 1 saturated carbocycles. The zero-order chi connectivity index (χ0) is 21.8. The maximum atomic E-state index is 13.3. The molecule has 0 radical (unpaired) electrons. The molecule has 2 aromatic carbocycles. The number of nitrogens with zero attached hydrogens (tertiary/aromatic N) is 2. The molecule has 1 aliphatic carbocycles. The van der Waals surface area contributed by atoms with Crippen LogP contribution in [0, 0.1) is 11.8 Å². The largest absolute Gasteiger partial charge is 0.497 e. The summed E-state index contributed by atoms with van der Waals surface area (Å²) in [5.41, 5.74) is 1.18. The van der Waals surface area contributed by atoms with Gasteiger partial charge in [0.15, 0.2) is 5.16 Å². The predicted molar refractivity (Wildman–Crippen MR) is 125 cm³/mol. The standard InChI is InChI=1S/C25H28N2O3S/c1-17-8-3-4-9-18(17)14-20(28)16-31-25-26-23-13-6-5-12-22(23)24(29)27(25)19-10-7-11-21(15-19)30-2/h5-7,10-13,15,17-18H,3-4,8-9,14,16H2,1-2H3. The van der Waals surface area contributed by atoms with Crippen LogP contribution in [0.5, 0.6) is 5.75 Å². The molecule has 4 rings (SSSR count). The second-order valence-corrected chi connectivity index (χ2v) is 9.25. The number of benzene rings is 2. The Hall–Kier alpha value is -2.60. The van der Waals surface area contributed by atoms with Crippen LogP contribution in [-0.4, -0.2) is 28.2 Å². The number of fused-ring (bicyclic) bond motifs is 1. The van der Waals surface area contributed by atoms with Gasteiger partial charge >= 0.3 is 0 Å². The summed E-state index contributed by atoms with van der Waals surface area (Å²) in [5, 5.41) is 1.08. The highest BCUT2D eigenvalue weighted by Crippen LogP contribution is 2.32. The first-order chi connectivity index (χ1) is 15.1. The third-order valence-corrected chi connectivity index (χ3v) is 7.20. The van der Waals surface area contributed by atoms with E-state index in [-0.39, 0.29) is 11.3 Å². The molecule has 1 aliphatic rings. The summed E-state index contributed by atoms with van der Waals surface area (Å²) in [6.45, 7) is 2.26. The summed E-state index contributed by atoms with van der Waals surface area (Å²) in [5.74, 6) is 2.29. The van der Waals surface area contributed by atoms with E-state index in [2.05, 4.69) is 6.92 Å². The molecule has 2 atom stereocenters. The maximum Gasteiger partial charge on any atom is 0.266 e. The fourth-order valence-corrected chi connectivity index (χ4v) is 5.27. The number of hydrogen-bond acceptors (Lipinski definition) is 5. The number of ketones is 1. The van der Waals surface area contributed by atoms with Gasteiger partial charge in [0.05, 0.1) is 29.5 Å². The summed E-state index contributed by atoms with van der Waals surface area (Å²) in [6.07, 6.45) is 5.46. The van der Waals surface area contributed by atoms with Crippen molar-refractivity contribution in [2.75, 3.05) is 12.9 Å². The van der Waals surface area contributed by atoms with Crippen molar-refractivity contribution in [3.05, 3.63) is 58.9 Å². The van der Waals surface area contributed by atoms with Crippen molar-refractivity contribution in [3.63, 3.8) is 0 Å². The lowest BCUT2D eigenvalue weighted by molar-refractivity contribution is -0.118. The van der Waals surface area contributed by atoms with Gasteiger partial charge in [-0.25, -0.2) is 4.98 Å².